The van der Waals surface area contributed by atoms with Gasteiger partial charge in [0, 0.05) is 25.4 Å². The first-order valence-electron chi connectivity index (χ1n) is 8.11. The second-order valence-electron chi connectivity index (χ2n) is 6.61. The molecule has 3 heteroatoms. The lowest BCUT2D eigenvalue weighted by atomic mass is 9.97. The molecule has 0 aromatic heterocycles. The minimum Gasteiger partial charge on any atom is -0.488 e. The Hall–Kier alpha value is -1.35. The van der Waals surface area contributed by atoms with Gasteiger partial charge in [-0.25, -0.2) is 0 Å². The lowest BCUT2D eigenvalue weighted by molar-refractivity contribution is -0.118. The van der Waals surface area contributed by atoms with Gasteiger partial charge in [-0.1, -0.05) is 24.1 Å². The van der Waals surface area contributed by atoms with Crippen LogP contribution in [0.2, 0.25) is 0 Å². The number of benzene rings is 1. The third kappa shape index (κ3) is 3.46. The second kappa shape index (κ2) is 6.18. The SMILES string of the molecule is CC(=O)CC1CCCCN1CC1Cc2cc(C)ccc2O1. The number of rotatable bonds is 4. The normalized spacial score (nSPS) is 25.4. The van der Waals surface area contributed by atoms with Crippen molar-refractivity contribution in [2.24, 2.45) is 0 Å². The largest absolute Gasteiger partial charge is 0.488 e. The molecule has 0 bridgehead atoms. The fourth-order valence-electron chi connectivity index (χ4n) is 3.68. The lowest BCUT2D eigenvalue weighted by Crippen LogP contribution is -2.45. The van der Waals surface area contributed by atoms with Gasteiger partial charge >= 0.3 is 0 Å². The van der Waals surface area contributed by atoms with Crippen LogP contribution < -0.4 is 4.74 Å². The molecular weight excluding hydrogens is 262 g/mol. The van der Waals surface area contributed by atoms with Crippen LogP contribution in [0.5, 0.6) is 5.75 Å². The van der Waals surface area contributed by atoms with Crippen molar-refractivity contribution in [3.8, 4) is 5.75 Å². The summed E-state index contributed by atoms with van der Waals surface area (Å²) >= 11 is 0. The highest BCUT2D eigenvalue weighted by Gasteiger charge is 2.29. The number of Topliss-reactive ketones (excluding diaryl/α,β-unsaturated/α-hetero) is 1. The third-order valence-corrected chi connectivity index (χ3v) is 4.67. The summed E-state index contributed by atoms with van der Waals surface area (Å²) < 4.78 is 6.09. The van der Waals surface area contributed by atoms with Crippen molar-refractivity contribution in [2.45, 2.75) is 58.1 Å². The minimum atomic E-state index is 0.245. The van der Waals surface area contributed by atoms with Crippen molar-refractivity contribution < 1.29 is 9.53 Å². The molecule has 21 heavy (non-hydrogen) atoms. The first-order valence-corrected chi connectivity index (χ1v) is 8.11. The van der Waals surface area contributed by atoms with E-state index < -0.39 is 0 Å². The molecule has 0 spiro atoms. The summed E-state index contributed by atoms with van der Waals surface area (Å²) in [6.07, 6.45) is 5.58. The third-order valence-electron chi connectivity index (χ3n) is 4.67. The number of likely N-dealkylation sites (tertiary alicyclic amines) is 1. The Balaban J connectivity index is 1.62. The van der Waals surface area contributed by atoms with Crippen molar-refractivity contribution >= 4 is 5.78 Å². The maximum absolute atomic E-state index is 11.5. The highest BCUT2D eigenvalue weighted by atomic mass is 16.5. The number of piperidine rings is 1. The first kappa shape index (κ1) is 14.6. The van der Waals surface area contributed by atoms with Crippen LogP contribution in [-0.2, 0) is 11.2 Å². The molecule has 1 saturated heterocycles. The van der Waals surface area contributed by atoms with Gasteiger partial charge in [0.05, 0.1) is 0 Å². The van der Waals surface area contributed by atoms with E-state index in [4.69, 9.17) is 4.74 Å². The molecule has 2 aliphatic rings. The summed E-state index contributed by atoms with van der Waals surface area (Å²) in [5, 5.41) is 0. The highest BCUT2D eigenvalue weighted by molar-refractivity contribution is 5.76. The zero-order valence-corrected chi connectivity index (χ0v) is 13.1. The number of hydrogen-bond acceptors (Lipinski definition) is 3. The molecule has 0 saturated carbocycles. The van der Waals surface area contributed by atoms with Crippen molar-refractivity contribution in [1.82, 2.24) is 4.90 Å². The van der Waals surface area contributed by atoms with E-state index in [1.165, 1.54) is 24.0 Å². The number of aryl methyl sites for hydroxylation is 1. The van der Waals surface area contributed by atoms with Gasteiger partial charge in [-0.3, -0.25) is 9.69 Å². The molecule has 0 aliphatic carbocycles. The van der Waals surface area contributed by atoms with Crippen LogP contribution in [0, 0.1) is 6.92 Å². The fraction of sp³-hybridized carbons (Fsp3) is 0.611. The van der Waals surface area contributed by atoms with Gasteiger partial charge in [0.2, 0.25) is 0 Å². The summed E-state index contributed by atoms with van der Waals surface area (Å²) in [6, 6.07) is 6.86. The topological polar surface area (TPSA) is 29.5 Å². The standard InChI is InChI=1S/C18H25NO2/c1-13-6-7-18-15(9-13)11-17(21-18)12-19-8-4-3-5-16(19)10-14(2)20/h6-7,9,16-17H,3-5,8,10-12H2,1-2H3. The molecule has 2 unspecified atom stereocenters. The van der Waals surface area contributed by atoms with E-state index >= 15 is 0 Å². The number of carbonyl (C=O) groups excluding carboxylic acids is 1. The van der Waals surface area contributed by atoms with Gasteiger partial charge in [0.1, 0.15) is 17.6 Å². The van der Waals surface area contributed by atoms with E-state index in [0.717, 1.165) is 31.7 Å². The Labute approximate surface area is 127 Å². The van der Waals surface area contributed by atoms with Gasteiger partial charge in [0.25, 0.3) is 0 Å². The molecule has 0 N–H and O–H groups in total. The smallest absolute Gasteiger partial charge is 0.131 e. The van der Waals surface area contributed by atoms with Crippen molar-refractivity contribution in [1.29, 1.82) is 0 Å². The van der Waals surface area contributed by atoms with Gasteiger partial charge in [-0.05, 0) is 44.9 Å². The molecule has 1 aromatic rings. The summed E-state index contributed by atoms with van der Waals surface area (Å²) in [5.74, 6) is 1.35. The van der Waals surface area contributed by atoms with Gasteiger partial charge in [0.15, 0.2) is 0 Å². The minimum absolute atomic E-state index is 0.245. The average Bonchev–Trinajstić information content (AvgIpc) is 2.82. The predicted octanol–water partition coefficient (Wildman–Crippen LogP) is 3.13. The van der Waals surface area contributed by atoms with Gasteiger partial charge in [-0.15, -0.1) is 0 Å². The molecule has 3 nitrogen and oxygen atoms in total. The Morgan fingerprint density at radius 3 is 3.05 bits per heavy atom. The number of nitrogens with zero attached hydrogens (tertiary/aromatic N) is 1. The van der Waals surface area contributed by atoms with Crippen LogP contribution >= 0.6 is 0 Å². The predicted molar refractivity (Wildman–Crippen MR) is 83.8 cm³/mol. The molecule has 0 amide bonds. The Morgan fingerprint density at radius 2 is 2.24 bits per heavy atom. The maximum atomic E-state index is 11.5. The average molecular weight is 287 g/mol. The van der Waals surface area contributed by atoms with E-state index in [1.807, 2.05) is 0 Å². The van der Waals surface area contributed by atoms with Crippen LogP contribution in [-0.4, -0.2) is 35.9 Å². The van der Waals surface area contributed by atoms with Crippen LogP contribution in [0.15, 0.2) is 18.2 Å². The molecule has 2 heterocycles. The molecular formula is C18H25NO2. The fourth-order valence-corrected chi connectivity index (χ4v) is 3.68. The van der Waals surface area contributed by atoms with Crippen molar-refractivity contribution in [3.63, 3.8) is 0 Å². The summed E-state index contributed by atoms with van der Waals surface area (Å²) in [4.78, 5) is 13.9. The van der Waals surface area contributed by atoms with Gasteiger partial charge in [-0.2, -0.15) is 0 Å². The molecule has 1 fully saturated rings. The lowest BCUT2D eigenvalue weighted by Gasteiger charge is -2.36. The van der Waals surface area contributed by atoms with E-state index in [0.29, 0.717) is 18.2 Å². The number of ether oxygens (including phenoxy) is 1. The van der Waals surface area contributed by atoms with Crippen LogP contribution in [0.3, 0.4) is 0 Å². The first-order chi connectivity index (χ1) is 10.1. The molecule has 3 rings (SSSR count). The van der Waals surface area contributed by atoms with Crippen LogP contribution in [0.4, 0.5) is 0 Å². The molecule has 2 atom stereocenters. The quantitative estimate of drug-likeness (QED) is 0.852. The van der Waals surface area contributed by atoms with Crippen molar-refractivity contribution in [3.05, 3.63) is 29.3 Å². The van der Waals surface area contributed by atoms with Crippen LogP contribution in [0.25, 0.3) is 0 Å². The Morgan fingerprint density at radius 1 is 1.38 bits per heavy atom. The number of fused-ring (bicyclic) bond motifs is 1. The Kier molecular flexibility index (Phi) is 4.29. The number of ketones is 1. The number of hydrogen-bond donors (Lipinski definition) is 0. The summed E-state index contributed by atoms with van der Waals surface area (Å²) in [7, 11) is 0. The zero-order chi connectivity index (χ0) is 14.8. The maximum Gasteiger partial charge on any atom is 0.131 e. The van der Waals surface area contributed by atoms with E-state index in [1.54, 1.807) is 6.92 Å². The molecule has 114 valence electrons. The van der Waals surface area contributed by atoms with E-state index in [2.05, 4.69) is 30.0 Å². The zero-order valence-electron chi connectivity index (χ0n) is 13.1. The molecule has 1 aromatic carbocycles. The number of carbonyl (C=O) groups is 1. The monoisotopic (exact) mass is 287 g/mol. The van der Waals surface area contributed by atoms with Gasteiger partial charge < -0.3 is 4.74 Å². The second-order valence-corrected chi connectivity index (χ2v) is 6.61. The molecule has 2 aliphatic heterocycles. The summed E-state index contributed by atoms with van der Waals surface area (Å²) in [5.41, 5.74) is 2.63. The summed E-state index contributed by atoms with van der Waals surface area (Å²) in [6.45, 7) is 5.89. The Bertz CT molecular complexity index is 526. The van der Waals surface area contributed by atoms with E-state index in [9.17, 15) is 4.79 Å². The van der Waals surface area contributed by atoms with E-state index in [-0.39, 0.29) is 6.10 Å². The highest BCUT2D eigenvalue weighted by Crippen LogP contribution is 2.31. The van der Waals surface area contributed by atoms with Crippen LogP contribution in [0.1, 0.15) is 43.7 Å². The molecule has 0 radical (unpaired) electrons. The van der Waals surface area contributed by atoms with Crippen molar-refractivity contribution in [2.75, 3.05) is 13.1 Å².